The Bertz CT molecular complexity index is 466. The Labute approximate surface area is 129 Å². The lowest BCUT2D eigenvalue weighted by Crippen LogP contribution is -2.49. The van der Waals surface area contributed by atoms with Gasteiger partial charge in [0.05, 0.1) is 17.5 Å². The van der Waals surface area contributed by atoms with E-state index >= 15 is 0 Å². The minimum absolute atomic E-state index is 0.00410. The lowest BCUT2D eigenvalue weighted by Gasteiger charge is -2.26. The summed E-state index contributed by atoms with van der Waals surface area (Å²) < 4.78 is 0. The molecule has 2 atom stereocenters. The lowest BCUT2D eigenvalue weighted by atomic mass is 9.88. The Kier molecular flexibility index (Phi) is 6.36. The van der Waals surface area contributed by atoms with E-state index in [-0.39, 0.29) is 29.9 Å². The predicted molar refractivity (Wildman–Crippen MR) is 84.3 cm³/mol. The second kappa shape index (κ2) is 7.56. The molecule has 0 radical (unpaired) electrons. The monoisotopic (exact) mass is 312 g/mol. The molecule has 3 N–H and O–H groups in total. The number of carbonyl (C=O) groups is 2. The molecule has 21 heavy (non-hydrogen) atoms. The first kappa shape index (κ1) is 17.7. The first-order valence-corrected chi connectivity index (χ1v) is 7.86. The Morgan fingerprint density at radius 2 is 2.00 bits per heavy atom. The van der Waals surface area contributed by atoms with Gasteiger partial charge in [0, 0.05) is 0 Å². The molecule has 1 rings (SSSR count). The molecule has 118 valence electrons. The number of nitrogens with one attached hydrogen (secondary N) is 2. The topological polar surface area (TPSA) is 78.4 Å². The fraction of sp³-hybridized carbons (Fsp3) is 0.600. The Morgan fingerprint density at radius 1 is 1.33 bits per heavy atom. The number of rotatable bonds is 6. The van der Waals surface area contributed by atoms with E-state index in [0.717, 1.165) is 0 Å². The molecule has 1 heterocycles. The Morgan fingerprint density at radius 3 is 2.48 bits per heavy atom. The molecule has 0 aliphatic heterocycles. The van der Waals surface area contributed by atoms with E-state index in [1.54, 1.807) is 19.1 Å². The molecule has 0 saturated heterocycles. The van der Waals surface area contributed by atoms with Crippen LogP contribution in [0.15, 0.2) is 17.5 Å². The molecule has 1 aromatic heterocycles. The normalized spacial score (nSPS) is 14.3. The Hall–Kier alpha value is -1.40. The van der Waals surface area contributed by atoms with Gasteiger partial charge in [0.15, 0.2) is 0 Å². The van der Waals surface area contributed by atoms with Crippen molar-refractivity contribution in [3.63, 3.8) is 0 Å². The van der Waals surface area contributed by atoms with Gasteiger partial charge in [-0.1, -0.05) is 26.8 Å². The Balaban J connectivity index is 2.52. The molecule has 2 unspecified atom stereocenters. The molecule has 5 nitrogen and oxygen atoms in total. The zero-order valence-electron chi connectivity index (χ0n) is 13.0. The van der Waals surface area contributed by atoms with Crippen LogP contribution in [0.1, 0.15) is 43.8 Å². The minimum atomic E-state index is -0.645. The van der Waals surface area contributed by atoms with Crippen LogP contribution in [0.2, 0.25) is 0 Å². The van der Waals surface area contributed by atoms with Crippen molar-refractivity contribution in [2.24, 2.45) is 5.41 Å². The highest BCUT2D eigenvalue weighted by molar-refractivity contribution is 7.12. The van der Waals surface area contributed by atoms with E-state index in [4.69, 9.17) is 0 Å². The largest absolute Gasteiger partial charge is 0.394 e. The summed E-state index contributed by atoms with van der Waals surface area (Å²) in [7, 11) is 0. The first-order chi connectivity index (χ1) is 9.73. The van der Waals surface area contributed by atoms with Crippen LogP contribution in [0.3, 0.4) is 0 Å². The highest BCUT2D eigenvalue weighted by atomic mass is 32.1. The molecule has 0 bridgehead atoms. The van der Waals surface area contributed by atoms with Gasteiger partial charge in [-0.2, -0.15) is 0 Å². The maximum absolute atomic E-state index is 12.1. The molecule has 6 heteroatoms. The summed E-state index contributed by atoms with van der Waals surface area (Å²) in [6, 6.07) is 2.54. The molecule has 0 aromatic carbocycles. The van der Waals surface area contributed by atoms with Crippen molar-refractivity contribution >= 4 is 23.2 Å². The van der Waals surface area contributed by atoms with Crippen molar-refractivity contribution in [2.75, 3.05) is 6.61 Å². The maximum atomic E-state index is 12.1. The van der Waals surface area contributed by atoms with Crippen LogP contribution in [0.5, 0.6) is 0 Å². The van der Waals surface area contributed by atoms with Crippen LogP contribution in [0.4, 0.5) is 0 Å². The number of thiophene rings is 1. The van der Waals surface area contributed by atoms with Crippen LogP contribution in [-0.4, -0.2) is 35.6 Å². The number of amides is 2. The molecule has 0 fully saturated rings. The highest BCUT2D eigenvalue weighted by Gasteiger charge is 2.23. The number of aliphatic hydroxyl groups excluding tert-OH is 1. The zero-order valence-corrected chi connectivity index (χ0v) is 13.8. The van der Waals surface area contributed by atoms with E-state index in [1.165, 1.54) is 11.3 Å². The standard InChI is InChI=1S/C15H24N2O3S/c1-10(16-14(20)12-6-5-7-21-12)13(19)17-11(9-18)8-15(2,3)4/h5-7,10-11,18H,8-9H2,1-4H3,(H,16,20)(H,17,19). The fourth-order valence-electron chi connectivity index (χ4n) is 1.97. The van der Waals surface area contributed by atoms with Crippen molar-refractivity contribution in [3.8, 4) is 0 Å². The molecule has 0 aliphatic carbocycles. The van der Waals surface area contributed by atoms with E-state index in [2.05, 4.69) is 10.6 Å². The van der Waals surface area contributed by atoms with Crippen LogP contribution < -0.4 is 10.6 Å². The number of hydrogen-bond acceptors (Lipinski definition) is 4. The van der Waals surface area contributed by atoms with Crippen LogP contribution in [0, 0.1) is 5.41 Å². The number of carbonyl (C=O) groups excluding carboxylic acids is 2. The molecule has 1 aromatic rings. The maximum Gasteiger partial charge on any atom is 0.261 e. The number of aliphatic hydroxyl groups is 1. The summed E-state index contributed by atoms with van der Waals surface area (Å²) >= 11 is 1.33. The van der Waals surface area contributed by atoms with Gasteiger partial charge < -0.3 is 15.7 Å². The average molecular weight is 312 g/mol. The second-order valence-electron chi connectivity index (χ2n) is 6.33. The highest BCUT2D eigenvalue weighted by Crippen LogP contribution is 2.20. The molecule has 0 spiro atoms. The van der Waals surface area contributed by atoms with E-state index in [0.29, 0.717) is 11.3 Å². The van der Waals surface area contributed by atoms with E-state index < -0.39 is 6.04 Å². The van der Waals surface area contributed by atoms with Gasteiger partial charge in [-0.3, -0.25) is 9.59 Å². The van der Waals surface area contributed by atoms with Gasteiger partial charge in [-0.25, -0.2) is 0 Å². The SMILES string of the molecule is CC(NC(=O)c1cccs1)C(=O)NC(CO)CC(C)(C)C. The summed E-state index contributed by atoms with van der Waals surface area (Å²) in [6.07, 6.45) is 0.667. The van der Waals surface area contributed by atoms with Crippen molar-refractivity contribution in [3.05, 3.63) is 22.4 Å². The van der Waals surface area contributed by atoms with Crippen molar-refractivity contribution in [1.29, 1.82) is 0 Å². The molecule has 0 aliphatic rings. The molecule has 0 saturated carbocycles. The van der Waals surface area contributed by atoms with Gasteiger partial charge in [-0.05, 0) is 30.2 Å². The van der Waals surface area contributed by atoms with Gasteiger partial charge in [-0.15, -0.1) is 11.3 Å². The number of hydrogen-bond donors (Lipinski definition) is 3. The van der Waals surface area contributed by atoms with Crippen molar-refractivity contribution < 1.29 is 14.7 Å². The molecular weight excluding hydrogens is 288 g/mol. The van der Waals surface area contributed by atoms with Crippen LogP contribution in [-0.2, 0) is 4.79 Å². The van der Waals surface area contributed by atoms with E-state index in [1.807, 2.05) is 26.2 Å². The third-order valence-corrected chi connectivity index (χ3v) is 3.78. The third-order valence-electron chi connectivity index (χ3n) is 2.91. The second-order valence-corrected chi connectivity index (χ2v) is 7.27. The smallest absolute Gasteiger partial charge is 0.261 e. The van der Waals surface area contributed by atoms with Gasteiger partial charge >= 0.3 is 0 Å². The summed E-state index contributed by atoms with van der Waals surface area (Å²) in [5, 5.41) is 16.6. The average Bonchev–Trinajstić information content (AvgIpc) is 2.89. The first-order valence-electron chi connectivity index (χ1n) is 6.98. The summed E-state index contributed by atoms with van der Waals surface area (Å²) in [5.41, 5.74) is 0.00410. The zero-order chi connectivity index (χ0) is 16.0. The van der Waals surface area contributed by atoms with Crippen LogP contribution >= 0.6 is 11.3 Å². The van der Waals surface area contributed by atoms with Gasteiger partial charge in [0.25, 0.3) is 5.91 Å². The fourth-order valence-corrected chi connectivity index (χ4v) is 2.59. The minimum Gasteiger partial charge on any atom is -0.394 e. The molecular formula is C15H24N2O3S. The predicted octanol–water partition coefficient (Wildman–Crippen LogP) is 1.78. The summed E-state index contributed by atoms with van der Waals surface area (Å²) in [5.74, 6) is -0.549. The van der Waals surface area contributed by atoms with Crippen LogP contribution in [0.25, 0.3) is 0 Å². The third kappa shape index (κ3) is 6.27. The van der Waals surface area contributed by atoms with Gasteiger partial charge in [0.2, 0.25) is 5.91 Å². The summed E-state index contributed by atoms with van der Waals surface area (Å²) in [4.78, 5) is 24.5. The summed E-state index contributed by atoms with van der Waals surface area (Å²) in [6.45, 7) is 7.65. The van der Waals surface area contributed by atoms with Crippen molar-refractivity contribution in [2.45, 2.75) is 46.2 Å². The lowest BCUT2D eigenvalue weighted by molar-refractivity contribution is -0.123. The quantitative estimate of drug-likeness (QED) is 0.749. The van der Waals surface area contributed by atoms with Gasteiger partial charge in [0.1, 0.15) is 6.04 Å². The van der Waals surface area contributed by atoms with Crippen molar-refractivity contribution in [1.82, 2.24) is 10.6 Å². The van der Waals surface area contributed by atoms with E-state index in [9.17, 15) is 14.7 Å². The molecule has 2 amide bonds.